The maximum absolute atomic E-state index is 13.1. The number of carbonyl (C=O) groups excluding carboxylic acids is 1. The topological polar surface area (TPSA) is 38.3 Å². The number of fused-ring (bicyclic) bond motifs is 1. The first kappa shape index (κ1) is 15.3. The largest absolute Gasteiger partial charge is 0.484 e. The molecule has 0 radical (unpaired) electrons. The fourth-order valence-electron chi connectivity index (χ4n) is 2.18. The summed E-state index contributed by atoms with van der Waals surface area (Å²) in [6, 6.07) is 17.5. The molecule has 1 amide bonds. The first-order valence-corrected chi connectivity index (χ1v) is 7.36. The van der Waals surface area contributed by atoms with E-state index in [4.69, 9.17) is 16.3 Å². The lowest BCUT2D eigenvalue weighted by Crippen LogP contribution is -2.20. The van der Waals surface area contributed by atoms with E-state index in [0.29, 0.717) is 11.4 Å². The highest BCUT2D eigenvalue weighted by atomic mass is 35.5. The molecule has 3 aromatic carbocycles. The molecule has 0 bridgehead atoms. The van der Waals surface area contributed by atoms with Crippen LogP contribution >= 0.6 is 11.6 Å². The molecule has 0 saturated heterocycles. The summed E-state index contributed by atoms with van der Waals surface area (Å²) < 4.78 is 18.5. The zero-order chi connectivity index (χ0) is 16.2. The van der Waals surface area contributed by atoms with Crippen LogP contribution in [0.4, 0.5) is 10.1 Å². The van der Waals surface area contributed by atoms with Crippen molar-refractivity contribution < 1.29 is 13.9 Å². The summed E-state index contributed by atoms with van der Waals surface area (Å²) in [6.45, 7) is -0.146. The Morgan fingerprint density at radius 1 is 1.04 bits per heavy atom. The molecule has 0 saturated carbocycles. The minimum absolute atomic E-state index is 0.0433. The van der Waals surface area contributed by atoms with E-state index >= 15 is 0 Å². The van der Waals surface area contributed by atoms with Crippen LogP contribution in [0.25, 0.3) is 10.8 Å². The molecule has 0 aliphatic rings. The second-order valence-corrected chi connectivity index (χ2v) is 5.38. The van der Waals surface area contributed by atoms with Crippen LogP contribution in [0.1, 0.15) is 0 Å². The third-order valence-electron chi connectivity index (χ3n) is 3.29. The summed E-state index contributed by atoms with van der Waals surface area (Å²) in [6.07, 6.45) is 0. The predicted octanol–water partition coefficient (Wildman–Crippen LogP) is 4.65. The third-order valence-corrected chi connectivity index (χ3v) is 3.58. The molecule has 3 aromatic rings. The molecule has 0 aromatic heterocycles. The molecule has 23 heavy (non-hydrogen) atoms. The van der Waals surface area contributed by atoms with E-state index in [2.05, 4.69) is 5.32 Å². The summed E-state index contributed by atoms with van der Waals surface area (Å²) in [7, 11) is 0. The Bertz CT molecular complexity index is 867. The van der Waals surface area contributed by atoms with Gasteiger partial charge < -0.3 is 10.1 Å². The van der Waals surface area contributed by atoms with Gasteiger partial charge in [0, 0.05) is 5.69 Å². The summed E-state index contributed by atoms with van der Waals surface area (Å²) in [5.74, 6) is -0.270. The number of benzene rings is 3. The van der Waals surface area contributed by atoms with Gasteiger partial charge in [-0.25, -0.2) is 4.39 Å². The number of ether oxygens (including phenoxy) is 1. The normalized spacial score (nSPS) is 10.5. The Morgan fingerprint density at radius 3 is 2.61 bits per heavy atom. The summed E-state index contributed by atoms with van der Waals surface area (Å²) in [4.78, 5) is 11.9. The summed E-state index contributed by atoms with van der Waals surface area (Å²) >= 11 is 5.67. The molecule has 1 N–H and O–H groups in total. The smallest absolute Gasteiger partial charge is 0.262 e. The monoisotopic (exact) mass is 329 g/mol. The van der Waals surface area contributed by atoms with E-state index in [9.17, 15) is 9.18 Å². The van der Waals surface area contributed by atoms with Crippen molar-refractivity contribution in [1.29, 1.82) is 0 Å². The molecule has 5 heteroatoms. The second kappa shape index (κ2) is 6.67. The van der Waals surface area contributed by atoms with Crippen molar-refractivity contribution in [3.63, 3.8) is 0 Å². The number of hydrogen-bond acceptors (Lipinski definition) is 2. The minimum atomic E-state index is -0.530. The lowest BCUT2D eigenvalue weighted by atomic mass is 10.1. The van der Waals surface area contributed by atoms with Gasteiger partial charge in [-0.1, -0.05) is 41.9 Å². The standard InChI is InChI=1S/C18H13ClFNO2/c19-16-10-14(6-8-17(16)20)21-18(22)11-23-15-7-5-12-3-1-2-4-13(12)9-15/h1-10H,11H2,(H,21,22). The predicted molar refractivity (Wildman–Crippen MR) is 89.5 cm³/mol. The van der Waals surface area contributed by atoms with Gasteiger partial charge in [0.15, 0.2) is 6.61 Å². The fourth-order valence-corrected chi connectivity index (χ4v) is 2.36. The Labute approximate surface area is 137 Å². The van der Waals surface area contributed by atoms with Gasteiger partial charge in [-0.15, -0.1) is 0 Å². The van der Waals surface area contributed by atoms with Crippen LogP contribution in [-0.2, 0) is 4.79 Å². The molecule has 0 spiro atoms. The number of nitrogens with one attached hydrogen (secondary N) is 1. The molecule has 116 valence electrons. The quantitative estimate of drug-likeness (QED) is 0.756. The van der Waals surface area contributed by atoms with Crippen LogP contribution in [0.2, 0.25) is 5.02 Å². The Hall–Kier alpha value is -2.59. The first-order valence-electron chi connectivity index (χ1n) is 6.98. The van der Waals surface area contributed by atoms with Crippen LogP contribution < -0.4 is 10.1 Å². The molecule has 3 rings (SSSR count). The zero-order valence-corrected chi connectivity index (χ0v) is 12.8. The van der Waals surface area contributed by atoms with Gasteiger partial charge in [0.1, 0.15) is 11.6 Å². The Morgan fingerprint density at radius 2 is 1.83 bits per heavy atom. The Balaban J connectivity index is 1.62. The van der Waals surface area contributed by atoms with E-state index in [1.165, 1.54) is 18.2 Å². The second-order valence-electron chi connectivity index (χ2n) is 4.97. The van der Waals surface area contributed by atoms with Gasteiger partial charge in [-0.2, -0.15) is 0 Å². The van der Waals surface area contributed by atoms with Crippen LogP contribution in [0.15, 0.2) is 60.7 Å². The number of halogens is 2. The maximum Gasteiger partial charge on any atom is 0.262 e. The molecule has 3 nitrogen and oxygen atoms in total. The van der Waals surface area contributed by atoms with E-state index in [0.717, 1.165) is 10.8 Å². The highest BCUT2D eigenvalue weighted by Gasteiger charge is 2.06. The van der Waals surface area contributed by atoms with E-state index < -0.39 is 5.82 Å². The minimum Gasteiger partial charge on any atom is -0.484 e. The average molecular weight is 330 g/mol. The average Bonchev–Trinajstić information content (AvgIpc) is 2.56. The van der Waals surface area contributed by atoms with E-state index in [-0.39, 0.29) is 17.5 Å². The molecule has 0 atom stereocenters. The number of hydrogen-bond donors (Lipinski definition) is 1. The van der Waals surface area contributed by atoms with Gasteiger partial charge in [-0.3, -0.25) is 4.79 Å². The van der Waals surface area contributed by atoms with Crippen LogP contribution in [0, 0.1) is 5.82 Å². The third kappa shape index (κ3) is 3.79. The van der Waals surface area contributed by atoms with Crippen molar-refractivity contribution in [1.82, 2.24) is 0 Å². The Kier molecular flexibility index (Phi) is 4.44. The van der Waals surface area contributed by atoms with Crippen molar-refractivity contribution in [3.8, 4) is 5.75 Å². The van der Waals surface area contributed by atoms with Crippen molar-refractivity contribution in [2.24, 2.45) is 0 Å². The SMILES string of the molecule is O=C(COc1ccc2ccccc2c1)Nc1ccc(F)c(Cl)c1. The van der Waals surface area contributed by atoms with Crippen molar-refractivity contribution >= 4 is 34.0 Å². The highest BCUT2D eigenvalue weighted by molar-refractivity contribution is 6.31. The number of amides is 1. The number of rotatable bonds is 4. The summed E-state index contributed by atoms with van der Waals surface area (Å²) in [5.41, 5.74) is 0.420. The van der Waals surface area contributed by atoms with Crippen molar-refractivity contribution in [3.05, 3.63) is 71.5 Å². The summed E-state index contributed by atoms with van der Waals surface area (Å²) in [5, 5.41) is 4.70. The number of carbonyl (C=O) groups is 1. The van der Waals surface area contributed by atoms with Crippen LogP contribution in [0.3, 0.4) is 0 Å². The molecule has 0 fully saturated rings. The molecule has 0 aliphatic heterocycles. The van der Waals surface area contributed by atoms with Crippen molar-refractivity contribution in [2.75, 3.05) is 11.9 Å². The van der Waals surface area contributed by atoms with Gasteiger partial charge >= 0.3 is 0 Å². The van der Waals surface area contributed by atoms with Crippen LogP contribution in [0.5, 0.6) is 5.75 Å². The molecule has 0 unspecified atom stereocenters. The lowest BCUT2D eigenvalue weighted by molar-refractivity contribution is -0.118. The van der Waals surface area contributed by atoms with Gasteiger partial charge in [-0.05, 0) is 41.1 Å². The van der Waals surface area contributed by atoms with Gasteiger partial charge in [0.05, 0.1) is 5.02 Å². The van der Waals surface area contributed by atoms with Crippen molar-refractivity contribution in [2.45, 2.75) is 0 Å². The van der Waals surface area contributed by atoms with Gasteiger partial charge in [0.2, 0.25) is 0 Å². The zero-order valence-electron chi connectivity index (χ0n) is 12.1. The molecular weight excluding hydrogens is 317 g/mol. The maximum atomic E-state index is 13.1. The molecular formula is C18H13ClFNO2. The molecule has 0 aliphatic carbocycles. The molecule has 0 heterocycles. The first-order chi connectivity index (χ1) is 11.1. The fraction of sp³-hybridized carbons (Fsp3) is 0.0556. The number of anilines is 1. The lowest BCUT2D eigenvalue weighted by Gasteiger charge is -2.09. The van der Waals surface area contributed by atoms with E-state index in [1.807, 2.05) is 42.5 Å². The highest BCUT2D eigenvalue weighted by Crippen LogP contribution is 2.21. The van der Waals surface area contributed by atoms with Crippen LogP contribution in [-0.4, -0.2) is 12.5 Å². The van der Waals surface area contributed by atoms with Gasteiger partial charge in [0.25, 0.3) is 5.91 Å². The van der Waals surface area contributed by atoms with E-state index in [1.54, 1.807) is 0 Å².